The van der Waals surface area contributed by atoms with Crippen LogP contribution in [0.5, 0.6) is 0 Å². The van der Waals surface area contributed by atoms with Crippen LogP contribution in [0.3, 0.4) is 0 Å². The first-order valence-corrected chi connectivity index (χ1v) is 6.26. The van der Waals surface area contributed by atoms with E-state index in [1.54, 1.807) is 0 Å². The number of hydrogen-bond acceptors (Lipinski definition) is 1. The summed E-state index contributed by atoms with van der Waals surface area (Å²) in [6.07, 6.45) is 10.0. The zero-order valence-electron chi connectivity index (χ0n) is 10.4. The lowest BCUT2D eigenvalue weighted by molar-refractivity contribution is -0.117. The van der Waals surface area contributed by atoms with Gasteiger partial charge in [-0.1, -0.05) is 45.6 Å². The Kier molecular flexibility index (Phi) is 4.56. The molecule has 0 atom stereocenters. The highest BCUT2D eigenvalue weighted by atomic mass is 16.1. The molecule has 15 heavy (non-hydrogen) atoms. The van der Waals surface area contributed by atoms with Crippen molar-refractivity contribution in [3.05, 3.63) is 11.6 Å². The van der Waals surface area contributed by atoms with Gasteiger partial charge < -0.3 is 0 Å². The molecule has 0 aromatic heterocycles. The second-order valence-corrected chi connectivity index (χ2v) is 5.60. The van der Waals surface area contributed by atoms with E-state index >= 15 is 0 Å². The number of unbranched alkanes of at least 4 members (excludes halogenated alkanes) is 3. The monoisotopic (exact) mass is 208 g/mol. The van der Waals surface area contributed by atoms with Gasteiger partial charge in [-0.2, -0.15) is 0 Å². The fraction of sp³-hybridized carbons (Fsp3) is 0.786. The van der Waals surface area contributed by atoms with Gasteiger partial charge in [0.1, 0.15) is 0 Å². The average molecular weight is 208 g/mol. The minimum Gasteiger partial charge on any atom is -0.295 e. The third-order valence-corrected chi connectivity index (χ3v) is 3.07. The highest BCUT2D eigenvalue weighted by Crippen LogP contribution is 2.35. The predicted octanol–water partition coefficient (Wildman–Crippen LogP) is 4.27. The van der Waals surface area contributed by atoms with Crippen molar-refractivity contribution < 1.29 is 4.79 Å². The van der Waals surface area contributed by atoms with Gasteiger partial charge in [0.2, 0.25) is 0 Å². The van der Waals surface area contributed by atoms with Gasteiger partial charge in [-0.3, -0.25) is 4.79 Å². The van der Waals surface area contributed by atoms with Gasteiger partial charge in [-0.15, -0.1) is 0 Å². The Labute approximate surface area is 93.9 Å². The molecule has 0 radical (unpaired) electrons. The Balaban J connectivity index is 2.37. The molecule has 1 nitrogen and oxygen atoms in total. The van der Waals surface area contributed by atoms with Crippen LogP contribution in [0.25, 0.3) is 0 Å². The van der Waals surface area contributed by atoms with E-state index in [1.807, 2.05) is 6.08 Å². The first kappa shape index (κ1) is 12.5. The molecule has 1 heteroatoms. The van der Waals surface area contributed by atoms with Gasteiger partial charge in [-0.05, 0) is 30.8 Å². The molecular weight excluding hydrogens is 184 g/mol. The van der Waals surface area contributed by atoms with Crippen molar-refractivity contribution in [3.63, 3.8) is 0 Å². The standard InChI is InChI=1S/C14H24O/c1-4-5-6-7-8-12-9-13(15)11-14(2,3)10-12/h9H,4-8,10-11H2,1-3H3. The number of carbonyl (C=O) groups is 1. The second-order valence-electron chi connectivity index (χ2n) is 5.60. The van der Waals surface area contributed by atoms with Crippen LogP contribution in [0.1, 0.15) is 65.7 Å². The van der Waals surface area contributed by atoms with Gasteiger partial charge in [0.15, 0.2) is 5.78 Å². The first-order chi connectivity index (χ1) is 7.03. The summed E-state index contributed by atoms with van der Waals surface area (Å²) in [5.41, 5.74) is 1.58. The molecule has 0 aliphatic heterocycles. The first-order valence-electron chi connectivity index (χ1n) is 6.26. The lowest BCUT2D eigenvalue weighted by Gasteiger charge is -2.28. The quantitative estimate of drug-likeness (QED) is 0.616. The lowest BCUT2D eigenvalue weighted by atomic mass is 9.76. The molecule has 1 rings (SSSR count). The van der Waals surface area contributed by atoms with Gasteiger partial charge in [0.05, 0.1) is 0 Å². The Morgan fingerprint density at radius 3 is 2.53 bits per heavy atom. The van der Waals surface area contributed by atoms with E-state index in [9.17, 15) is 4.79 Å². The molecule has 0 aromatic rings. The van der Waals surface area contributed by atoms with E-state index in [-0.39, 0.29) is 5.41 Å². The normalized spacial score (nSPS) is 20.2. The average Bonchev–Trinajstić information content (AvgIpc) is 2.09. The number of allylic oxidation sites excluding steroid dienone is 2. The number of carbonyl (C=O) groups excluding carboxylic acids is 1. The van der Waals surface area contributed by atoms with E-state index in [4.69, 9.17) is 0 Å². The van der Waals surface area contributed by atoms with Gasteiger partial charge in [-0.25, -0.2) is 0 Å². The number of ketones is 1. The van der Waals surface area contributed by atoms with Crippen LogP contribution >= 0.6 is 0 Å². The summed E-state index contributed by atoms with van der Waals surface area (Å²) in [4.78, 5) is 11.5. The summed E-state index contributed by atoms with van der Waals surface area (Å²) in [6.45, 7) is 6.63. The number of hydrogen-bond donors (Lipinski definition) is 0. The lowest BCUT2D eigenvalue weighted by Crippen LogP contribution is -2.21. The van der Waals surface area contributed by atoms with Crippen LogP contribution in [0, 0.1) is 5.41 Å². The molecule has 0 N–H and O–H groups in total. The van der Waals surface area contributed by atoms with Crippen molar-refractivity contribution in [2.75, 3.05) is 0 Å². The molecular formula is C14H24O. The summed E-state index contributed by atoms with van der Waals surface area (Å²) in [5.74, 6) is 0.330. The maximum absolute atomic E-state index is 11.5. The highest BCUT2D eigenvalue weighted by molar-refractivity contribution is 5.91. The third kappa shape index (κ3) is 4.63. The Morgan fingerprint density at radius 1 is 1.20 bits per heavy atom. The van der Waals surface area contributed by atoms with Crippen molar-refractivity contribution in [1.82, 2.24) is 0 Å². The van der Waals surface area contributed by atoms with E-state index in [1.165, 1.54) is 31.3 Å². The molecule has 0 bridgehead atoms. The Hall–Kier alpha value is -0.590. The Morgan fingerprint density at radius 2 is 1.93 bits per heavy atom. The van der Waals surface area contributed by atoms with E-state index in [2.05, 4.69) is 20.8 Å². The summed E-state index contributed by atoms with van der Waals surface area (Å²) in [5, 5.41) is 0. The third-order valence-electron chi connectivity index (χ3n) is 3.07. The largest absolute Gasteiger partial charge is 0.295 e. The SMILES string of the molecule is CCCCCCC1=CC(=O)CC(C)(C)C1. The van der Waals surface area contributed by atoms with E-state index in [0.29, 0.717) is 5.78 Å². The Bertz CT molecular complexity index is 248. The van der Waals surface area contributed by atoms with Crippen molar-refractivity contribution in [1.29, 1.82) is 0 Å². The molecule has 0 fully saturated rings. The minimum atomic E-state index is 0.200. The fourth-order valence-electron chi connectivity index (χ4n) is 2.42. The van der Waals surface area contributed by atoms with Crippen molar-refractivity contribution in [3.8, 4) is 0 Å². The van der Waals surface area contributed by atoms with Crippen LogP contribution in [-0.4, -0.2) is 5.78 Å². The van der Waals surface area contributed by atoms with Crippen molar-refractivity contribution >= 4 is 5.78 Å². The molecule has 0 spiro atoms. The molecule has 1 aliphatic carbocycles. The van der Waals surface area contributed by atoms with Gasteiger partial charge >= 0.3 is 0 Å². The minimum absolute atomic E-state index is 0.200. The highest BCUT2D eigenvalue weighted by Gasteiger charge is 2.26. The number of rotatable bonds is 5. The summed E-state index contributed by atoms with van der Waals surface area (Å²) >= 11 is 0. The summed E-state index contributed by atoms with van der Waals surface area (Å²) in [6, 6.07) is 0. The summed E-state index contributed by atoms with van der Waals surface area (Å²) < 4.78 is 0. The van der Waals surface area contributed by atoms with Crippen LogP contribution in [-0.2, 0) is 4.79 Å². The molecule has 0 amide bonds. The molecule has 1 aliphatic rings. The summed E-state index contributed by atoms with van der Waals surface area (Å²) in [7, 11) is 0. The van der Waals surface area contributed by atoms with E-state index in [0.717, 1.165) is 19.3 Å². The van der Waals surface area contributed by atoms with Crippen LogP contribution in [0.15, 0.2) is 11.6 Å². The predicted molar refractivity (Wildman–Crippen MR) is 64.9 cm³/mol. The van der Waals surface area contributed by atoms with Crippen LogP contribution < -0.4 is 0 Å². The smallest absolute Gasteiger partial charge is 0.156 e. The van der Waals surface area contributed by atoms with E-state index < -0.39 is 0 Å². The molecule has 0 unspecified atom stereocenters. The molecule has 0 saturated heterocycles. The van der Waals surface area contributed by atoms with Gasteiger partial charge in [0, 0.05) is 6.42 Å². The molecule has 0 aromatic carbocycles. The maximum atomic E-state index is 11.5. The maximum Gasteiger partial charge on any atom is 0.156 e. The van der Waals surface area contributed by atoms with Crippen LogP contribution in [0.2, 0.25) is 0 Å². The van der Waals surface area contributed by atoms with Gasteiger partial charge in [0.25, 0.3) is 0 Å². The zero-order chi connectivity index (χ0) is 11.3. The van der Waals surface area contributed by atoms with Crippen molar-refractivity contribution in [2.45, 2.75) is 65.7 Å². The van der Waals surface area contributed by atoms with Crippen LogP contribution in [0.4, 0.5) is 0 Å². The fourth-order valence-corrected chi connectivity index (χ4v) is 2.42. The zero-order valence-corrected chi connectivity index (χ0v) is 10.4. The topological polar surface area (TPSA) is 17.1 Å². The molecule has 0 saturated carbocycles. The second kappa shape index (κ2) is 5.48. The van der Waals surface area contributed by atoms with Crippen molar-refractivity contribution in [2.24, 2.45) is 5.41 Å². The molecule has 86 valence electrons. The molecule has 0 heterocycles.